The molecule has 0 fully saturated rings. The fourth-order valence-electron chi connectivity index (χ4n) is 6.42. The molecule has 6 aromatic carbocycles. The SMILES string of the molecule is c1ccc(-c2nc(-c3ccccc3)nc(-c3ccccc3-n3c4cccc5c4c4c6c-5cccc6ccc43)n2)cc1. The minimum Gasteiger partial charge on any atom is -0.308 e. The molecule has 0 spiro atoms. The number of nitrogens with zero attached hydrogens (tertiary/aromatic N) is 4. The molecule has 0 bridgehead atoms. The number of rotatable bonds is 4. The highest BCUT2D eigenvalue weighted by molar-refractivity contribution is 6.33. The molecular formula is C37H22N4. The quantitative estimate of drug-likeness (QED) is 0.231. The Balaban J connectivity index is 1.35. The summed E-state index contributed by atoms with van der Waals surface area (Å²) >= 11 is 0. The molecule has 4 nitrogen and oxygen atoms in total. The molecule has 41 heavy (non-hydrogen) atoms. The zero-order valence-corrected chi connectivity index (χ0v) is 22.0. The van der Waals surface area contributed by atoms with Gasteiger partial charge < -0.3 is 4.57 Å². The Morgan fingerprint density at radius 2 is 0.927 bits per heavy atom. The standard InChI is InChI=1S/C37H22N4/c1-3-11-24(12-4-1)35-38-36(25-13-5-2-6-14-25)40-37(39-35)28-16-7-8-19-29(28)41-30-20-10-18-27-26-17-9-15-23-21-22-31(41)34(32(23)26)33(27)30/h1-22H. The second kappa shape index (κ2) is 8.44. The number of aromatic nitrogens is 4. The van der Waals surface area contributed by atoms with E-state index in [9.17, 15) is 0 Å². The van der Waals surface area contributed by atoms with Crippen LogP contribution in [0.4, 0.5) is 0 Å². The van der Waals surface area contributed by atoms with Gasteiger partial charge in [-0.1, -0.05) is 109 Å². The minimum absolute atomic E-state index is 0.651. The van der Waals surface area contributed by atoms with Crippen molar-refractivity contribution < 1.29 is 0 Å². The topological polar surface area (TPSA) is 43.6 Å². The lowest BCUT2D eigenvalue weighted by molar-refractivity contribution is 1.06. The van der Waals surface area contributed by atoms with Gasteiger partial charge in [-0.05, 0) is 46.2 Å². The van der Waals surface area contributed by atoms with Gasteiger partial charge in [0.2, 0.25) is 0 Å². The first-order chi connectivity index (χ1) is 20.3. The Morgan fingerprint density at radius 3 is 1.66 bits per heavy atom. The van der Waals surface area contributed by atoms with E-state index in [1.54, 1.807) is 0 Å². The lowest BCUT2D eigenvalue weighted by Gasteiger charge is -2.15. The number of benzene rings is 6. The van der Waals surface area contributed by atoms with Crippen LogP contribution in [0.15, 0.2) is 133 Å². The Morgan fingerprint density at radius 1 is 0.366 bits per heavy atom. The van der Waals surface area contributed by atoms with Gasteiger partial charge in [-0.3, -0.25) is 0 Å². The van der Waals surface area contributed by atoms with Crippen molar-refractivity contribution in [3.8, 4) is 51.0 Å². The van der Waals surface area contributed by atoms with Gasteiger partial charge in [0.15, 0.2) is 17.5 Å². The van der Waals surface area contributed by atoms with E-state index in [4.69, 9.17) is 15.0 Å². The van der Waals surface area contributed by atoms with E-state index in [-0.39, 0.29) is 0 Å². The van der Waals surface area contributed by atoms with Crippen LogP contribution >= 0.6 is 0 Å². The van der Waals surface area contributed by atoms with Crippen LogP contribution in [-0.2, 0) is 0 Å². The summed E-state index contributed by atoms with van der Waals surface area (Å²) in [7, 11) is 0. The average Bonchev–Trinajstić information content (AvgIpc) is 3.58. The third-order valence-corrected chi connectivity index (χ3v) is 8.17. The van der Waals surface area contributed by atoms with Crippen LogP contribution in [0.5, 0.6) is 0 Å². The molecule has 2 heterocycles. The molecule has 8 aromatic rings. The van der Waals surface area contributed by atoms with Crippen molar-refractivity contribution >= 4 is 32.6 Å². The molecule has 0 aliphatic heterocycles. The van der Waals surface area contributed by atoms with E-state index < -0.39 is 0 Å². The molecule has 0 saturated carbocycles. The molecule has 0 N–H and O–H groups in total. The van der Waals surface area contributed by atoms with Crippen molar-refractivity contribution in [1.82, 2.24) is 19.5 Å². The molecule has 2 aromatic heterocycles. The third kappa shape index (κ3) is 3.19. The molecule has 1 aliphatic carbocycles. The van der Waals surface area contributed by atoms with Crippen molar-refractivity contribution in [2.24, 2.45) is 0 Å². The van der Waals surface area contributed by atoms with Crippen LogP contribution in [0.3, 0.4) is 0 Å². The Hall–Kier alpha value is -5.61. The van der Waals surface area contributed by atoms with Crippen LogP contribution in [0, 0.1) is 0 Å². The van der Waals surface area contributed by atoms with Gasteiger partial charge in [0.05, 0.1) is 16.7 Å². The summed E-state index contributed by atoms with van der Waals surface area (Å²) in [6.07, 6.45) is 0. The zero-order valence-electron chi connectivity index (χ0n) is 22.0. The van der Waals surface area contributed by atoms with E-state index in [1.807, 2.05) is 60.7 Å². The first-order valence-corrected chi connectivity index (χ1v) is 13.8. The van der Waals surface area contributed by atoms with Gasteiger partial charge in [-0.25, -0.2) is 15.0 Å². The Kier molecular flexibility index (Phi) is 4.58. The molecule has 1 aliphatic rings. The van der Waals surface area contributed by atoms with Crippen LogP contribution < -0.4 is 0 Å². The molecular weight excluding hydrogens is 500 g/mol. The van der Waals surface area contributed by atoms with Gasteiger partial charge in [0.1, 0.15) is 0 Å². The fourth-order valence-corrected chi connectivity index (χ4v) is 6.42. The monoisotopic (exact) mass is 522 g/mol. The van der Waals surface area contributed by atoms with E-state index in [2.05, 4.69) is 77.4 Å². The summed E-state index contributed by atoms with van der Waals surface area (Å²) in [5, 5.41) is 5.25. The van der Waals surface area contributed by atoms with Crippen molar-refractivity contribution in [3.05, 3.63) is 133 Å². The van der Waals surface area contributed by atoms with E-state index >= 15 is 0 Å². The molecule has 0 atom stereocenters. The zero-order chi connectivity index (χ0) is 26.9. The highest BCUT2D eigenvalue weighted by Crippen LogP contribution is 2.50. The van der Waals surface area contributed by atoms with Crippen molar-refractivity contribution in [1.29, 1.82) is 0 Å². The maximum absolute atomic E-state index is 5.05. The molecule has 0 amide bonds. The van der Waals surface area contributed by atoms with Crippen LogP contribution in [0.2, 0.25) is 0 Å². The summed E-state index contributed by atoms with van der Waals surface area (Å²) < 4.78 is 2.38. The van der Waals surface area contributed by atoms with Crippen molar-refractivity contribution in [2.45, 2.75) is 0 Å². The highest BCUT2D eigenvalue weighted by atomic mass is 15.1. The maximum atomic E-state index is 5.05. The van der Waals surface area contributed by atoms with Gasteiger partial charge in [0.25, 0.3) is 0 Å². The number of hydrogen-bond donors (Lipinski definition) is 0. The molecule has 9 rings (SSSR count). The molecule has 4 heteroatoms. The Bertz CT molecular complexity index is 2240. The summed E-state index contributed by atoms with van der Waals surface area (Å²) in [6.45, 7) is 0. The summed E-state index contributed by atoms with van der Waals surface area (Å²) in [5.74, 6) is 1.97. The first-order valence-electron chi connectivity index (χ1n) is 13.8. The van der Waals surface area contributed by atoms with E-state index in [0.717, 1.165) is 22.4 Å². The van der Waals surface area contributed by atoms with Crippen LogP contribution in [0.1, 0.15) is 0 Å². The molecule has 0 radical (unpaired) electrons. The van der Waals surface area contributed by atoms with Gasteiger partial charge >= 0.3 is 0 Å². The normalized spacial score (nSPS) is 11.9. The summed E-state index contributed by atoms with van der Waals surface area (Å²) in [5.41, 5.74) is 8.93. The second-order valence-electron chi connectivity index (χ2n) is 10.5. The van der Waals surface area contributed by atoms with Gasteiger partial charge in [0, 0.05) is 27.5 Å². The van der Waals surface area contributed by atoms with Crippen LogP contribution in [0.25, 0.3) is 83.6 Å². The fraction of sp³-hybridized carbons (Fsp3) is 0. The predicted octanol–water partition coefficient (Wildman–Crippen LogP) is 9.10. The second-order valence-corrected chi connectivity index (χ2v) is 10.5. The first kappa shape index (κ1) is 22.2. The average molecular weight is 523 g/mol. The minimum atomic E-state index is 0.651. The summed E-state index contributed by atoms with van der Waals surface area (Å²) in [4.78, 5) is 15.0. The lowest BCUT2D eigenvalue weighted by Crippen LogP contribution is -2.03. The highest BCUT2D eigenvalue weighted by Gasteiger charge is 2.26. The Labute approximate surface area is 236 Å². The summed E-state index contributed by atoms with van der Waals surface area (Å²) in [6, 6.07) is 46.5. The number of fused-ring (bicyclic) bond motifs is 1. The van der Waals surface area contributed by atoms with Crippen molar-refractivity contribution in [2.75, 3.05) is 0 Å². The number of hydrogen-bond acceptors (Lipinski definition) is 3. The van der Waals surface area contributed by atoms with Crippen LogP contribution in [-0.4, -0.2) is 19.5 Å². The molecule has 190 valence electrons. The lowest BCUT2D eigenvalue weighted by atomic mass is 10.0. The molecule has 0 saturated heterocycles. The maximum Gasteiger partial charge on any atom is 0.166 e. The van der Waals surface area contributed by atoms with Crippen molar-refractivity contribution in [3.63, 3.8) is 0 Å². The third-order valence-electron chi connectivity index (χ3n) is 8.17. The van der Waals surface area contributed by atoms with Gasteiger partial charge in [-0.2, -0.15) is 0 Å². The predicted molar refractivity (Wildman–Crippen MR) is 167 cm³/mol. The number of para-hydroxylation sites is 1. The smallest absolute Gasteiger partial charge is 0.166 e. The van der Waals surface area contributed by atoms with Gasteiger partial charge in [-0.15, -0.1) is 0 Å². The largest absolute Gasteiger partial charge is 0.308 e. The van der Waals surface area contributed by atoms with E-state index in [1.165, 1.54) is 43.7 Å². The molecule has 0 unspecified atom stereocenters. The van der Waals surface area contributed by atoms with E-state index in [0.29, 0.717) is 17.5 Å².